The first kappa shape index (κ1) is 16.3. The van der Waals surface area contributed by atoms with E-state index in [1.807, 2.05) is 20.8 Å². The Balaban J connectivity index is 1.80. The Labute approximate surface area is 130 Å². The molecule has 2 rings (SSSR count). The molecule has 0 unspecified atom stereocenters. The Hall–Kier alpha value is -2.05. The number of carbonyl (C=O) groups is 2. The third-order valence-electron chi connectivity index (χ3n) is 3.34. The summed E-state index contributed by atoms with van der Waals surface area (Å²) in [7, 11) is 0. The van der Waals surface area contributed by atoms with E-state index >= 15 is 0 Å². The van der Waals surface area contributed by atoms with Gasteiger partial charge in [-0.05, 0) is 40.5 Å². The topological polar surface area (TPSA) is 84.7 Å². The van der Waals surface area contributed by atoms with Gasteiger partial charge in [-0.25, -0.2) is 4.79 Å². The highest BCUT2D eigenvalue weighted by Gasteiger charge is 2.28. The zero-order valence-corrected chi connectivity index (χ0v) is 13.5. The molecule has 22 heavy (non-hydrogen) atoms. The van der Waals surface area contributed by atoms with Crippen LogP contribution in [-0.4, -0.2) is 46.8 Å². The quantitative estimate of drug-likeness (QED) is 0.904. The molecule has 0 aromatic carbocycles. The lowest BCUT2D eigenvalue weighted by Crippen LogP contribution is -2.47. The predicted octanol–water partition coefficient (Wildman–Crippen LogP) is 2.11. The van der Waals surface area contributed by atoms with Gasteiger partial charge in [0.25, 0.3) is 5.91 Å². The second kappa shape index (κ2) is 6.37. The molecule has 0 aliphatic carbocycles. The van der Waals surface area contributed by atoms with Crippen LogP contribution in [0, 0.1) is 6.92 Å². The molecule has 2 amide bonds. The van der Waals surface area contributed by atoms with E-state index in [1.54, 1.807) is 17.9 Å². The van der Waals surface area contributed by atoms with Crippen LogP contribution in [0.1, 0.15) is 49.9 Å². The third-order valence-corrected chi connectivity index (χ3v) is 3.34. The van der Waals surface area contributed by atoms with E-state index in [4.69, 9.17) is 9.26 Å². The van der Waals surface area contributed by atoms with E-state index in [0.29, 0.717) is 31.7 Å². The number of carbonyl (C=O) groups excluding carboxylic acids is 2. The summed E-state index contributed by atoms with van der Waals surface area (Å²) in [6.07, 6.45) is 1.09. The number of piperidine rings is 1. The van der Waals surface area contributed by atoms with Crippen molar-refractivity contribution < 1.29 is 18.8 Å². The van der Waals surface area contributed by atoms with Crippen molar-refractivity contribution in [3.05, 3.63) is 17.5 Å². The highest BCUT2D eigenvalue weighted by Crippen LogP contribution is 2.16. The summed E-state index contributed by atoms with van der Waals surface area (Å²) in [6, 6.07) is 1.63. The molecule has 0 atom stereocenters. The second-order valence-electron chi connectivity index (χ2n) is 6.54. The van der Waals surface area contributed by atoms with Gasteiger partial charge in [0, 0.05) is 25.2 Å². The minimum absolute atomic E-state index is 0.0307. The van der Waals surface area contributed by atoms with Gasteiger partial charge in [0.2, 0.25) is 0 Å². The zero-order chi connectivity index (χ0) is 16.3. The lowest BCUT2D eigenvalue weighted by Gasteiger charge is -2.33. The minimum Gasteiger partial charge on any atom is -0.444 e. The first-order valence-electron chi connectivity index (χ1n) is 7.47. The number of amides is 2. The Morgan fingerprint density at radius 1 is 1.36 bits per heavy atom. The molecular formula is C15H23N3O4. The highest BCUT2D eigenvalue weighted by atomic mass is 16.6. The van der Waals surface area contributed by atoms with E-state index < -0.39 is 5.60 Å². The molecule has 0 saturated carbocycles. The van der Waals surface area contributed by atoms with Crippen LogP contribution in [0.3, 0.4) is 0 Å². The second-order valence-corrected chi connectivity index (χ2v) is 6.54. The van der Waals surface area contributed by atoms with Gasteiger partial charge in [-0.1, -0.05) is 5.16 Å². The summed E-state index contributed by atoms with van der Waals surface area (Å²) in [5.74, 6) is 0.359. The first-order chi connectivity index (χ1) is 10.2. The number of hydrogen-bond acceptors (Lipinski definition) is 5. The standard InChI is InChI=1S/C15H23N3O4/c1-10-9-12(17-22-10)13(19)16-11-5-7-18(8-6-11)14(20)21-15(2,3)4/h9,11H,5-8H2,1-4H3,(H,16,19). The normalized spacial score (nSPS) is 16.5. The van der Waals surface area contributed by atoms with Gasteiger partial charge in [0.05, 0.1) is 0 Å². The Kier molecular flexibility index (Phi) is 4.73. The fourth-order valence-corrected chi connectivity index (χ4v) is 2.27. The van der Waals surface area contributed by atoms with E-state index in [1.165, 1.54) is 0 Å². The van der Waals surface area contributed by atoms with Crippen molar-refractivity contribution in [3.8, 4) is 0 Å². The number of ether oxygens (including phenoxy) is 1. The van der Waals surface area contributed by atoms with Crippen molar-refractivity contribution in [1.29, 1.82) is 0 Å². The molecule has 7 nitrogen and oxygen atoms in total. The largest absolute Gasteiger partial charge is 0.444 e. The first-order valence-corrected chi connectivity index (χ1v) is 7.47. The van der Waals surface area contributed by atoms with Gasteiger partial charge in [-0.15, -0.1) is 0 Å². The van der Waals surface area contributed by atoms with E-state index in [-0.39, 0.29) is 23.7 Å². The average molecular weight is 309 g/mol. The Bertz CT molecular complexity index is 539. The summed E-state index contributed by atoms with van der Waals surface area (Å²) in [5, 5.41) is 6.61. The molecule has 0 spiro atoms. The van der Waals surface area contributed by atoms with Crippen LogP contribution in [-0.2, 0) is 4.74 Å². The van der Waals surface area contributed by atoms with Crippen LogP contribution in [0.2, 0.25) is 0 Å². The summed E-state index contributed by atoms with van der Waals surface area (Å²) < 4.78 is 10.2. The summed E-state index contributed by atoms with van der Waals surface area (Å²) in [5.41, 5.74) is -0.209. The van der Waals surface area contributed by atoms with Gasteiger partial charge >= 0.3 is 6.09 Å². The molecule has 1 aromatic rings. The number of rotatable bonds is 2. The average Bonchev–Trinajstić information content (AvgIpc) is 2.84. The molecule has 1 saturated heterocycles. The number of aryl methyl sites for hydroxylation is 1. The zero-order valence-electron chi connectivity index (χ0n) is 13.5. The molecule has 122 valence electrons. The van der Waals surface area contributed by atoms with Crippen LogP contribution in [0.25, 0.3) is 0 Å². The van der Waals surface area contributed by atoms with Crippen molar-refractivity contribution in [2.45, 2.75) is 52.2 Å². The minimum atomic E-state index is -0.493. The van der Waals surface area contributed by atoms with Crippen molar-refractivity contribution in [2.24, 2.45) is 0 Å². The molecule has 1 aliphatic rings. The van der Waals surface area contributed by atoms with Crippen LogP contribution in [0.4, 0.5) is 4.79 Å². The van der Waals surface area contributed by atoms with Crippen molar-refractivity contribution in [2.75, 3.05) is 13.1 Å². The summed E-state index contributed by atoms with van der Waals surface area (Å²) in [6.45, 7) is 8.41. The smallest absolute Gasteiger partial charge is 0.410 e. The van der Waals surface area contributed by atoms with Crippen molar-refractivity contribution in [3.63, 3.8) is 0 Å². The van der Waals surface area contributed by atoms with E-state index in [9.17, 15) is 9.59 Å². The highest BCUT2D eigenvalue weighted by molar-refractivity contribution is 5.92. The van der Waals surface area contributed by atoms with Gasteiger partial charge in [0.15, 0.2) is 5.69 Å². The van der Waals surface area contributed by atoms with Gasteiger partial charge < -0.3 is 19.5 Å². The van der Waals surface area contributed by atoms with E-state index in [0.717, 1.165) is 0 Å². The number of likely N-dealkylation sites (tertiary alicyclic amines) is 1. The Morgan fingerprint density at radius 3 is 2.50 bits per heavy atom. The maximum Gasteiger partial charge on any atom is 0.410 e. The van der Waals surface area contributed by atoms with Gasteiger partial charge in [-0.3, -0.25) is 4.79 Å². The number of nitrogens with one attached hydrogen (secondary N) is 1. The molecular weight excluding hydrogens is 286 g/mol. The lowest BCUT2D eigenvalue weighted by molar-refractivity contribution is 0.0199. The molecule has 1 aliphatic heterocycles. The number of hydrogen-bond donors (Lipinski definition) is 1. The predicted molar refractivity (Wildman–Crippen MR) is 79.5 cm³/mol. The summed E-state index contributed by atoms with van der Waals surface area (Å²) >= 11 is 0. The molecule has 1 fully saturated rings. The maximum atomic E-state index is 12.0. The molecule has 0 radical (unpaired) electrons. The monoisotopic (exact) mass is 309 g/mol. The van der Waals surface area contributed by atoms with Crippen molar-refractivity contribution in [1.82, 2.24) is 15.4 Å². The molecule has 2 heterocycles. The molecule has 1 N–H and O–H groups in total. The van der Waals surface area contributed by atoms with E-state index in [2.05, 4.69) is 10.5 Å². The third kappa shape index (κ3) is 4.47. The SMILES string of the molecule is Cc1cc(C(=O)NC2CCN(C(=O)OC(C)(C)C)CC2)no1. The van der Waals surface area contributed by atoms with Crippen molar-refractivity contribution >= 4 is 12.0 Å². The van der Waals surface area contributed by atoms with Crippen LogP contribution < -0.4 is 5.32 Å². The maximum absolute atomic E-state index is 12.0. The van der Waals surface area contributed by atoms with Gasteiger partial charge in [0.1, 0.15) is 11.4 Å². The van der Waals surface area contributed by atoms with Gasteiger partial charge in [-0.2, -0.15) is 0 Å². The fraction of sp³-hybridized carbons (Fsp3) is 0.667. The lowest BCUT2D eigenvalue weighted by atomic mass is 10.1. The van der Waals surface area contributed by atoms with Crippen LogP contribution in [0.15, 0.2) is 10.6 Å². The van der Waals surface area contributed by atoms with Crippen LogP contribution >= 0.6 is 0 Å². The molecule has 7 heteroatoms. The molecule has 1 aromatic heterocycles. The number of aromatic nitrogens is 1. The fourth-order valence-electron chi connectivity index (χ4n) is 2.27. The Morgan fingerprint density at radius 2 is 2.00 bits per heavy atom. The number of nitrogens with zero attached hydrogens (tertiary/aromatic N) is 2. The van der Waals surface area contributed by atoms with Crippen LogP contribution in [0.5, 0.6) is 0 Å². The summed E-state index contributed by atoms with van der Waals surface area (Å²) in [4.78, 5) is 25.6. The molecule has 0 bridgehead atoms.